The van der Waals surface area contributed by atoms with Crippen molar-refractivity contribution in [2.24, 2.45) is 17.1 Å². The van der Waals surface area contributed by atoms with E-state index in [2.05, 4.69) is 0 Å². The van der Waals surface area contributed by atoms with Gasteiger partial charge in [0.05, 0.1) is 16.0 Å². The van der Waals surface area contributed by atoms with Crippen molar-refractivity contribution in [3.8, 4) is 6.07 Å². The minimum absolute atomic E-state index is 0.0249. The lowest BCUT2D eigenvalue weighted by Gasteiger charge is -2.30. The number of amides is 1. The number of sulfone groups is 1. The molecular weight excluding hydrogens is 545 g/mol. The van der Waals surface area contributed by atoms with Crippen molar-refractivity contribution < 1.29 is 33.0 Å². The van der Waals surface area contributed by atoms with E-state index in [-0.39, 0.29) is 35.0 Å². The summed E-state index contributed by atoms with van der Waals surface area (Å²) >= 11 is 12.1. The molecule has 0 spiro atoms. The number of primary amides is 1. The highest BCUT2D eigenvalue weighted by atomic mass is 35.5. The summed E-state index contributed by atoms with van der Waals surface area (Å²) in [6.07, 6.45) is -0.387. The van der Waals surface area contributed by atoms with Crippen LogP contribution in [0, 0.1) is 22.7 Å². The number of hydrogen-bond donors (Lipinski definition) is 3. The van der Waals surface area contributed by atoms with Crippen LogP contribution in [0.15, 0.2) is 53.4 Å². The molecular formula is C24H21Cl2N3O7S. The molecule has 37 heavy (non-hydrogen) atoms. The number of carboxylic acids is 1. The van der Waals surface area contributed by atoms with Crippen LogP contribution in [-0.2, 0) is 29.2 Å². The summed E-state index contributed by atoms with van der Waals surface area (Å²) in [4.78, 5) is 35.5. The number of carbonyl (C=O) groups excluding carboxylic acids is 2. The lowest BCUT2D eigenvalue weighted by molar-refractivity contribution is -0.142. The summed E-state index contributed by atoms with van der Waals surface area (Å²) in [6, 6.07) is 9.92. The number of rotatable bonds is 8. The molecule has 10 nitrogen and oxygen atoms in total. The highest BCUT2D eigenvalue weighted by molar-refractivity contribution is 7.93. The molecule has 2 unspecified atom stereocenters. The van der Waals surface area contributed by atoms with Gasteiger partial charge in [0.25, 0.3) is 4.93 Å². The van der Waals surface area contributed by atoms with Crippen molar-refractivity contribution in [1.82, 2.24) is 4.90 Å². The van der Waals surface area contributed by atoms with Gasteiger partial charge >= 0.3 is 5.97 Å². The molecule has 13 heteroatoms. The zero-order valence-electron chi connectivity index (χ0n) is 19.0. The SMILES string of the molecule is N#CC1(C(N)=O)CC1N1C[C@H](C(=O)[C@@](O)(c2ccc(Cl)cc2)S(=O)(=O)c2ccccc2Cl)C[C@H]1C(=O)O. The largest absolute Gasteiger partial charge is 0.480 e. The van der Waals surface area contributed by atoms with E-state index in [1.54, 1.807) is 0 Å². The van der Waals surface area contributed by atoms with Crippen molar-refractivity contribution in [3.05, 3.63) is 64.1 Å². The zero-order chi connectivity index (χ0) is 27.3. The Morgan fingerprint density at radius 1 is 1.14 bits per heavy atom. The van der Waals surface area contributed by atoms with Crippen molar-refractivity contribution >= 4 is 50.7 Å². The van der Waals surface area contributed by atoms with Gasteiger partial charge in [-0.15, -0.1) is 0 Å². The number of hydrogen-bond acceptors (Lipinski definition) is 8. The van der Waals surface area contributed by atoms with E-state index in [9.17, 15) is 38.3 Å². The number of nitrogens with zero attached hydrogens (tertiary/aromatic N) is 2. The number of ketones is 1. The first-order valence-corrected chi connectivity index (χ1v) is 13.3. The van der Waals surface area contributed by atoms with Crippen molar-refractivity contribution in [2.45, 2.75) is 34.8 Å². The number of Topliss-reactive ketones (excluding diaryl/α,β-unsaturated/α-hetero) is 1. The van der Waals surface area contributed by atoms with Gasteiger partial charge in [0.1, 0.15) is 6.04 Å². The molecule has 1 saturated carbocycles. The van der Waals surface area contributed by atoms with Crippen LogP contribution in [0.3, 0.4) is 0 Å². The van der Waals surface area contributed by atoms with Crippen molar-refractivity contribution in [2.75, 3.05) is 6.54 Å². The van der Waals surface area contributed by atoms with Crippen LogP contribution in [0.5, 0.6) is 0 Å². The van der Waals surface area contributed by atoms with E-state index in [0.717, 1.165) is 6.07 Å². The predicted octanol–water partition coefficient (Wildman–Crippen LogP) is 1.72. The molecule has 2 fully saturated rings. The summed E-state index contributed by atoms with van der Waals surface area (Å²) in [5.74, 6) is -4.71. The number of aliphatic hydroxyl groups is 1. The third kappa shape index (κ3) is 4.19. The Hall–Kier alpha value is -3.01. The van der Waals surface area contributed by atoms with Gasteiger partial charge in [-0.05, 0) is 37.1 Å². The smallest absolute Gasteiger partial charge is 0.320 e. The van der Waals surface area contributed by atoms with Crippen LogP contribution >= 0.6 is 23.2 Å². The fourth-order valence-corrected chi connectivity index (χ4v) is 7.27. The van der Waals surface area contributed by atoms with Crippen LogP contribution in [0.4, 0.5) is 0 Å². The van der Waals surface area contributed by atoms with Gasteiger partial charge < -0.3 is 15.9 Å². The molecule has 1 heterocycles. The Morgan fingerprint density at radius 2 is 1.76 bits per heavy atom. The van der Waals surface area contributed by atoms with E-state index >= 15 is 0 Å². The second-order valence-electron chi connectivity index (χ2n) is 9.10. The maximum atomic E-state index is 13.9. The van der Waals surface area contributed by atoms with Gasteiger partial charge in [-0.2, -0.15) is 5.26 Å². The average molecular weight is 566 g/mol. The minimum Gasteiger partial charge on any atom is -0.480 e. The third-order valence-electron chi connectivity index (χ3n) is 7.04. The fourth-order valence-electron chi connectivity index (χ4n) is 4.93. The lowest BCUT2D eigenvalue weighted by atomic mass is 9.92. The molecule has 5 atom stereocenters. The molecule has 4 rings (SSSR count). The Kier molecular flexibility index (Phi) is 6.85. The monoisotopic (exact) mass is 565 g/mol. The summed E-state index contributed by atoms with van der Waals surface area (Å²) in [6.45, 7) is -0.314. The minimum atomic E-state index is -4.90. The number of nitrogens with two attached hydrogens (primary N) is 1. The number of carboxylic acid groups (broad SMARTS) is 1. The first kappa shape index (κ1) is 27.0. The van der Waals surface area contributed by atoms with E-state index in [1.807, 2.05) is 6.07 Å². The molecule has 4 N–H and O–H groups in total. The van der Waals surface area contributed by atoms with Gasteiger partial charge in [0, 0.05) is 29.1 Å². The van der Waals surface area contributed by atoms with Crippen molar-refractivity contribution in [3.63, 3.8) is 0 Å². The van der Waals surface area contributed by atoms with Crippen molar-refractivity contribution in [1.29, 1.82) is 5.26 Å². The quantitative estimate of drug-likeness (QED) is 0.429. The first-order chi connectivity index (χ1) is 17.3. The van der Waals surface area contributed by atoms with Crippen LogP contribution in [0.25, 0.3) is 0 Å². The second-order valence-corrected chi connectivity index (χ2v) is 12.0. The molecule has 194 valence electrons. The molecule has 0 aromatic heterocycles. The maximum Gasteiger partial charge on any atom is 0.320 e. The zero-order valence-corrected chi connectivity index (χ0v) is 21.4. The van der Waals surface area contributed by atoms with Gasteiger partial charge in [-0.25, -0.2) is 8.42 Å². The maximum absolute atomic E-state index is 13.9. The Bertz CT molecular complexity index is 1440. The lowest BCUT2D eigenvalue weighted by Crippen LogP contribution is -2.47. The standard InChI is InChI=1S/C24H21Cl2N3O7S/c25-15-7-5-14(6-8-15)24(34,37(35,36)18-4-2-1-3-16(18)26)20(30)13-9-17(21(31)32)29(11-13)19-10-23(19,12-27)22(28)33/h1-8,13,17,19,34H,9-11H2,(H2,28,33)(H,31,32)/t13-,17+,19?,23?,24-/m1/s1. The van der Waals surface area contributed by atoms with E-state index in [0.29, 0.717) is 0 Å². The summed E-state index contributed by atoms with van der Waals surface area (Å²) in [5.41, 5.74) is 3.45. The fraction of sp³-hybridized carbons (Fsp3) is 0.333. The number of likely N-dealkylation sites (tertiary alicyclic amines) is 1. The van der Waals surface area contributed by atoms with Crippen LogP contribution in [-0.4, -0.2) is 59.8 Å². The summed E-state index contributed by atoms with van der Waals surface area (Å²) in [5, 5.41) is 31.1. The normalized spacial score (nSPS) is 27.1. The Balaban J connectivity index is 1.79. The third-order valence-corrected chi connectivity index (χ3v) is 9.89. The Labute approximate surface area is 222 Å². The predicted molar refractivity (Wildman–Crippen MR) is 131 cm³/mol. The van der Waals surface area contributed by atoms with Crippen LogP contribution in [0.1, 0.15) is 18.4 Å². The number of nitriles is 1. The number of halogens is 2. The highest BCUT2D eigenvalue weighted by Crippen LogP contribution is 2.52. The molecule has 1 aliphatic carbocycles. The summed E-state index contributed by atoms with van der Waals surface area (Å²) < 4.78 is 27.6. The topological polar surface area (TPSA) is 179 Å². The van der Waals surface area contributed by atoms with Gasteiger partial charge in [0.2, 0.25) is 15.7 Å². The average Bonchev–Trinajstić information content (AvgIpc) is 3.45. The molecule has 1 aliphatic heterocycles. The number of aliphatic carboxylic acids is 1. The van der Waals surface area contributed by atoms with E-state index in [1.165, 1.54) is 47.4 Å². The van der Waals surface area contributed by atoms with Gasteiger partial charge in [0.15, 0.2) is 11.2 Å². The molecule has 0 bridgehead atoms. The molecule has 2 aromatic carbocycles. The summed E-state index contributed by atoms with van der Waals surface area (Å²) in [7, 11) is -4.90. The van der Waals surface area contributed by atoms with Gasteiger partial charge in [-0.1, -0.05) is 47.5 Å². The van der Waals surface area contributed by atoms with Crippen LogP contribution in [0.2, 0.25) is 10.0 Å². The first-order valence-electron chi connectivity index (χ1n) is 11.0. The van der Waals surface area contributed by atoms with Gasteiger partial charge in [-0.3, -0.25) is 19.3 Å². The number of benzene rings is 2. The molecule has 1 saturated heterocycles. The van der Waals surface area contributed by atoms with E-state index < -0.39 is 60.7 Å². The second kappa shape index (κ2) is 9.38. The van der Waals surface area contributed by atoms with Crippen LogP contribution < -0.4 is 5.73 Å². The molecule has 2 aliphatic rings. The molecule has 1 amide bonds. The van der Waals surface area contributed by atoms with E-state index in [4.69, 9.17) is 28.9 Å². The Morgan fingerprint density at radius 3 is 2.27 bits per heavy atom. The highest BCUT2D eigenvalue weighted by Gasteiger charge is 2.66. The number of carbonyl (C=O) groups is 3. The molecule has 2 aromatic rings. The molecule has 0 radical (unpaired) electrons.